The van der Waals surface area contributed by atoms with Gasteiger partial charge in [-0.05, 0) is 39.8 Å². The Morgan fingerprint density at radius 3 is 2.62 bits per heavy atom. The molecule has 1 heterocycles. The monoisotopic (exact) mass is 296 g/mol. The third-order valence-electron chi connectivity index (χ3n) is 4.32. The van der Waals surface area contributed by atoms with Crippen LogP contribution in [0.5, 0.6) is 0 Å². The maximum atomic E-state index is 12.5. The van der Waals surface area contributed by atoms with Crippen molar-refractivity contribution < 1.29 is 14.4 Å². The molecule has 2 aliphatic rings. The maximum absolute atomic E-state index is 12.5. The molecule has 7 heteroatoms. The Bertz CT molecular complexity index is 432. The average Bonchev–Trinajstić information content (AvgIpc) is 3.01. The minimum absolute atomic E-state index is 0.247. The topological polar surface area (TPSA) is 90.5 Å². The molecule has 2 rings (SSSR count). The van der Waals surface area contributed by atoms with Gasteiger partial charge in [-0.25, -0.2) is 9.69 Å². The van der Waals surface area contributed by atoms with E-state index < -0.39 is 17.6 Å². The summed E-state index contributed by atoms with van der Waals surface area (Å²) in [5.74, 6) is -0.535. The van der Waals surface area contributed by atoms with Gasteiger partial charge in [-0.15, -0.1) is 0 Å². The highest BCUT2D eigenvalue weighted by molar-refractivity contribution is 6.09. The first-order chi connectivity index (χ1) is 10.0. The van der Waals surface area contributed by atoms with E-state index in [4.69, 9.17) is 0 Å². The molecule has 4 amide bonds. The van der Waals surface area contributed by atoms with Crippen LogP contribution in [0.4, 0.5) is 4.79 Å². The Balaban J connectivity index is 1.95. The first-order valence-electron chi connectivity index (χ1n) is 7.60. The number of carbonyl (C=O) groups is 3. The molecule has 7 nitrogen and oxygen atoms in total. The van der Waals surface area contributed by atoms with Crippen LogP contribution in [0, 0.1) is 0 Å². The van der Waals surface area contributed by atoms with Crippen LogP contribution in [0.15, 0.2) is 0 Å². The smallest absolute Gasteiger partial charge is 0.325 e. The molecule has 0 aromatic heterocycles. The third-order valence-corrected chi connectivity index (χ3v) is 4.32. The van der Waals surface area contributed by atoms with Gasteiger partial charge in [0, 0.05) is 6.54 Å². The van der Waals surface area contributed by atoms with E-state index in [0.717, 1.165) is 30.7 Å². The highest BCUT2D eigenvalue weighted by atomic mass is 16.2. The van der Waals surface area contributed by atoms with Crippen LogP contribution in [0.25, 0.3) is 0 Å². The fraction of sp³-hybridized carbons (Fsp3) is 0.786. The number of rotatable bonds is 6. The standard InChI is InChI=1S/C14H24N4O3/c1-10(11(19)16-9-5-8-15-2)18-12(20)14(17-13(18)21)6-3-4-7-14/h10,15H,3-9H2,1-2H3,(H,16,19)(H,17,21). The summed E-state index contributed by atoms with van der Waals surface area (Å²) < 4.78 is 0. The Labute approximate surface area is 124 Å². The van der Waals surface area contributed by atoms with E-state index in [1.165, 1.54) is 0 Å². The molecule has 2 fully saturated rings. The van der Waals surface area contributed by atoms with Crippen molar-refractivity contribution in [3.8, 4) is 0 Å². The largest absolute Gasteiger partial charge is 0.354 e. The molecule has 0 bridgehead atoms. The van der Waals surface area contributed by atoms with Gasteiger partial charge in [-0.2, -0.15) is 0 Å². The molecule has 3 N–H and O–H groups in total. The summed E-state index contributed by atoms with van der Waals surface area (Å²) >= 11 is 0. The second kappa shape index (κ2) is 6.43. The van der Waals surface area contributed by atoms with Crippen molar-refractivity contribution >= 4 is 17.8 Å². The van der Waals surface area contributed by atoms with Gasteiger partial charge in [-0.1, -0.05) is 12.8 Å². The first-order valence-corrected chi connectivity index (χ1v) is 7.60. The third kappa shape index (κ3) is 3.02. The highest BCUT2D eigenvalue weighted by Crippen LogP contribution is 2.35. The molecule has 1 aliphatic carbocycles. The second-order valence-corrected chi connectivity index (χ2v) is 5.82. The van der Waals surface area contributed by atoms with Gasteiger partial charge in [0.05, 0.1) is 0 Å². The zero-order valence-electron chi connectivity index (χ0n) is 12.7. The number of carbonyl (C=O) groups excluding carboxylic acids is 3. The van der Waals surface area contributed by atoms with Crippen LogP contribution in [0.2, 0.25) is 0 Å². The second-order valence-electron chi connectivity index (χ2n) is 5.82. The number of hydrogen-bond acceptors (Lipinski definition) is 4. The number of imide groups is 1. The summed E-state index contributed by atoms with van der Waals surface area (Å²) in [6.07, 6.45) is 4.02. The van der Waals surface area contributed by atoms with Crippen molar-refractivity contribution in [3.63, 3.8) is 0 Å². The summed E-state index contributed by atoms with van der Waals surface area (Å²) in [4.78, 5) is 37.8. The molecule has 0 radical (unpaired) electrons. The van der Waals surface area contributed by atoms with Crippen molar-refractivity contribution in [1.29, 1.82) is 0 Å². The fourth-order valence-corrected chi connectivity index (χ4v) is 3.05. The molecule has 1 atom stereocenters. The minimum Gasteiger partial charge on any atom is -0.354 e. The SMILES string of the molecule is CNCCCNC(=O)C(C)N1C(=O)NC2(CCCC2)C1=O. The predicted octanol–water partition coefficient (Wildman–Crippen LogP) is -0.0348. The lowest BCUT2D eigenvalue weighted by atomic mass is 9.97. The minimum atomic E-state index is -0.771. The van der Waals surface area contributed by atoms with Crippen molar-refractivity contribution in [1.82, 2.24) is 20.9 Å². The van der Waals surface area contributed by atoms with Gasteiger partial charge < -0.3 is 16.0 Å². The summed E-state index contributed by atoms with van der Waals surface area (Å²) in [7, 11) is 1.85. The summed E-state index contributed by atoms with van der Waals surface area (Å²) in [5, 5.41) is 8.54. The number of nitrogens with one attached hydrogen (secondary N) is 3. The van der Waals surface area contributed by atoms with Gasteiger partial charge in [0.2, 0.25) is 5.91 Å². The normalized spacial score (nSPS) is 21.7. The molecule has 118 valence electrons. The number of hydrogen-bond donors (Lipinski definition) is 3. The molecule has 1 saturated heterocycles. The molecule has 0 aromatic rings. The number of amides is 4. The van der Waals surface area contributed by atoms with E-state index in [-0.39, 0.29) is 11.8 Å². The van der Waals surface area contributed by atoms with Crippen LogP contribution in [-0.2, 0) is 9.59 Å². The van der Waals surface area contributed by atoms with Gasteiger partial charge >= 0.3 is 6.03 Å². The zero-order valence-corrected chi connectivity index (χ0v) is 12.7. The molecular weight excluding hydrogens is 272 g/mol. The van der Waals surface area contributed by atoms with Gasteiger partial charge in [0.1, 0.15) is 11.6 Å². The molecule has 0 aromatic carbocycles. The number of nitrogens with zero attached hydrogens (tertiary/aromatic N) is 1. The zero-order chi connectivity index (χ0) is 15.5. The molecule has 1 aliphatic heterocycles. The van der Waals surface area contributed by atoms with Crippen LogP contribution in [-0.4, -0.2) is 54.5 Å². The van der Waals surface area contributed by atoms with E-state index in [2.05, 4.69) is 16.0 Å². The van der Waals surface area contributed by atoms with Crippen molar-refractivity contribution in [3.05, 3.63) is 0 Å². The number of urea groups is 1. The van der Waals surface area contributed by atoms with Crippen molar-refractivity contribution in [2.75, 3.05) is 20.1 Å². The molecule has 1 unspecified atom stereocenters. The Kier molecular flexibility index (Phi) is 4.82. The van der Waals surface area contributed by atoms with Gasteiger partial charge in [-0.3, -0.25) is 9.59 Å². The first kappa shape index (κ1) is 15.8. The molecule has 1 spiro atoms. The van der Waals surface area contributed by atoms with Crippen LogP contribution in [0.3, 0.4) is 0 Å². The van der Waals surface area contributed by atoms with Crippen LogP contribution >= 0.6 is 0 Å². The lowest BCUT2D eigenvalue weighted by molar-refractivity contribution is -0.137. The van der Waals surface area contributed by atoms with Gasteiger partial charge in [0.25, 0.3) is 5.91 Å². The molecule has 21 heavy (non-hydrogen) atoms. The van der Waals surface area contributed by atoms with E-state index in [0.29, 0.717) is 19.4 Å². The van der Waals surface area contributed by atoms with Gasteiger partial charge in [0.15, 0.2) is 0 Å². The predicted molar refractivity (Wildman–Crippen MR) is 77.6 cm³/mol. The Hall–Kier alpha value is -1.63. The Morgan fingerprint density at radius 2 is 2.00 bits per heavy atom. The quantitative estimate of drug-likeness (QED) is 0.474. The summed E-state index contributed by atoms with van der Waals surface area (Å²) in [5.41, 5.74) is -0.752. The fourth-order valence-electron chi connectivity index (χ4n) is 3.05. The molecule has 1 saturated carbocycles. The molecular formula is C14H24N4O3. The van der Waals surface area contributed by atoms with Crippen LogP contribution in [0.1, 0.15) is 39.0 Å². The summed E-state index contributed by atoms with van der Waals surface area (Å²) in [6, 6.07) is -1.22. The van der Waals surface area contributed by atoms with Crippen LogP contribution < -0.4 is 16.0 Å². The van der Waals surface area contributed by atoms with Crippen molar-refractivity contribution in [2.45, 2.75) is 50.6 Å². The lowest BCUT2D eigenvalue weighted by Gasteiger charge is -2.23. The lowest BCUT2D eigenvalue weighted by Crippen LogP contribution is -2.50. The van der Waals surface area contributed by atoms with E-state index in [1.807, 2.05) is 7.05 Å². The highest BCUT2D eigenvalue weighted by Gasteiger charge is 2.54. The summed E-state index contributed by atoms with van der Waals surface area (Å²) in [6.45, 7) is 2.93. The van der Waals surface area contributed by atoms with E-state index in [9.17, 15) is 14.4 Å². The van der Waals surface area contributed by atoms with E-state index in [1.54, 1.807) is 6.92 Å². The van der Waals surface area contributed by atoms with E-state index >= 15 is 0 Å². The maximum Gasteiger partial charge on any atom is 0.325 e. The average molecular weight is 296 g/mol. The Morgan fingerprint density at radius 1 is 1.33 bits per heavy atom. The van der Waals surface area contributed by atoms with Crippen molar-refractivity contribution in [2.24, 2.45) is 0 Å².